The van der Waals surface area contributed by atoms with Crippen molar-refractivity contribution in [2.24, 2.45) is 11.5 Å². The normalized spacial score (nSPS) is 14.2. The fourth-order valence-electron chi connectivity index (χ4n) is 2.68. The molecule has 4 atom stereocenters. The molecule has 0 radical (unpaired) electrons. The highest BCUT2D eigenvalue weighted by molar-refractivity contribution is 7.80. The van der Waals surface area contributed by atoms with Crippen molar-refractivity contribution in [1.29, 1.82) is 0 Å². The molecule has 1 rings (SSSR count). The van der Waals surface area contributed by atoms with Crippen LogP contribution in [0.3, 0.4) is 0 Å². The predicted molar refractivity (Wildman–Crippen MR) is 118 cm³/mol. The number of primary amides is 1. The van der Waals surface area contributed by atoms with Crippen LogP contribution in [0.2, 0.25) is 0 Å². The van der Waals surface area contributed by atoms with Gasteiger partial charge in [-0.25, -0.2) is 9.78 Å². The van der Waals surface area contributed by atoms with Crippen molar-refractivity contribution in [3.63, 3.8) is 0 Å². The van der Waals surface area contributed by atoms with Crippen LogP contribution in [0, 0.1) is 0 Å². The van der Waals surface area contributed by atoms with Crippen LogP contribution in [0.25, 0.3) is 0 Å². The highest BCUT2D eigenvalue weighted by Gasteiger charge is 2.30. The fourth-order valence-corrected chi connectivity index (χ4v) is 2.94. The van der Waals surface area contributed by atoms with Gasteiger partial charge in [0.2, 0.25) is 23.6 Å². The second-order valence-electron chi connectivity index (χ2n) is 7.19. The van der Waals surface area contributed by atoms with Gasteiger partial charge in [0.05, 0.1) is 18.8 Å². The Morgan fingerprint density at radius 1 is 1.00 bits per heavy atom. The number of carbonyl (C=O) groups is 6. The first kappa shape index (κ1) is 28.4. The molecule has 0 saturated carbocycles. The molecule has 0 aliphatic carbocycles. The maximum absolute atomic E-state index is 12.7. The third-order valence-electron chi connectivity index (χ3n) is 4.45. The largest absolute Gasteiger partial charge is 0.481 e. The summed E-state index contributed by atoms with van der Waals surface area (Å²) in [7, 11) is 0. The molecule has 34 heavy (non-hydrogen) atoms. The van der Waals surface area contributed by atoms with E-state index in [9.17, 15) is 33.9 Å². The molecule has 188 valence electrons. The molecule has 1 heterocycles. The summed E-state index contributed by atoms with van der Waals surface area (Å²) in [5.74, 6) is -6.41. The van der Waals surface area contributed by atoms with Gasteiger partial charge < -0.3 is 42.6 Å². The van der Waals surface area contributed by atoms with E-state index in [-0.39, 0.29) is 18.6 Å². The van der Waals surface area contributed by atoms with E-state index in [1.54, 1.807) is 0 Å². The number of carboxylic acid groups (broad SMARTS) is 2. The number of hydrogen-bond donors (Lipinski definition) is 9. The lowest BCUT2D eigenvalue weighted by Gasteiger charge is -2.24. The topological polar surface area (TPSA) is 260 Å². The minimum Gasteiger partial charge on any atom is -0.481 e. The standard InChI is InChI=1S/C18H27N7O8S/c19-9(4-13(20)26)15(29)23-10(1-2-14(27)28)16(30)25-12(6-34)17(31)24-11(18(32)33)3-8-5-21-7-22-8/h5,7,9-12,34H,1-4,6,19H2,(H2,20,26)(H,21,22)(H,23,29)(H,24,31)(H,25,30)(H,27,28)(H,32,33). The zero-order valence-corrected chi connectivity index (χ0v) is 18.8. The minimum absolute atomic E-state index is 0.108. The number of hydrogen-bond acceptors (Lipinski definition) is 9. The minimum atomic E-state index is -1.42. The maximum Gasteiger partial charge on any atom is 0.326 e. The average Bonchev–Trinajstić information content (AvgIpc) is 3.26. The van der Waals surface area contributed by atoms with Gasteiger partial charge in [0, 0.05) is 30.5 Å². The Morgan fingerprint density at radius 2 is 1.59 bits per heavy atom. The second-order valence-corrected chi connectivity index (χ2v) is 7.56. The Kier molecular flexibility index (Phi) is 11.5. The summed E-state index contributed by atoms with van der Waals surface area (Å²) in [6.45, 7) is 0. The van der Waals surface area contributed by atoms with Crippen LogP contribution in [0.15, 0.2) is 12.5 Å². The van der Waals surface area contributed by atoms with Gasteiger partial charge in [0.1, 0.15) is 18.1 Å². The number of carboxylic acids is 2. The number of carbonyl (C=O) groups excluding carboxylic acids is 4. The molecule has 4 unspecified atom stereocenters. The Hall–Kier alpha value is -3.66. The van der Waals surface area contributed by atoms with E-state index in [0.29, 0.717) is 5.69 Å². The monoisotopic (exact) mass is 501 g/mol. The zero-order chi connectivity index (χ0) is 25.8. The number of nitrogens with two attached hydrogens (primary N) is 2. The average molecular weight is 502 g/mol. The molecule has 16 heteroatoms. The van der Waals surface area contributed by atoms with Crippen LogP contribution < -0.4 is 27.4 Å². The maximum atomic E-state index is 12.7. The van der Waals surface area contributed by atoms with Gasteiger partial charge in [-0.3, -0.25) is 24.0 Å². The van der Waals surface area contributed by atoms with Gasteiger partial charge in [-0.2, -0.15) is 12.6 Å². The summed E-state index contributed by atoms with van der Waals surface area (Å²) in [6.07, 6.45) is 1.25. The number of thiol groups is 1. The molecule has 1 aromatic heterocycles. The van der Waals surface area contributed by atoms with Crippen LogP contribution in [-0.2, 0) is 35.2 Å². The Bertz CT molecular complexity index is 895. The molecule has 0 saturated heterocycles. The first-order valence-electron chi connectivity index (χ1n) is 9.92. The summed E-state index contributed by atoms with van der Waals surface area (Å²) in [4.78, 5) is 77.3. The molecule has 0 aromatic carbocycles. The van der Waals surface area contributed by atoms with E-state index in [4.69, 9.17) is 16.6 Å². The Labute approximate surface area is 198 Å². The highest BCUT2D eigenvalue weighted by atomic mass is 32.1. The number of aromatic amines is 1. The SMILES string of the molecule is NC(=O)CC(N)C(=O)NC(CCC(=O)O)C(=O)NC(CS)C(=O)NC(Cc1cnc[nH]1)C(=O)O. The summed E-state index contributed by atoms with van der Waals surface area (Å²) < 4.78 is 0. The predicted octanol–water partition coefficient (Wildman–Crippen LogP) is -3.51. The molecule has 0 fully saturated rings. The highest BCUT2D eigenvalue weighted by Crippen LogP contribution is 2.04. The van der Waals surface area contributed by atoms with Gasteiger partial charge in [0.25, 0.3) is 0 Å². The van der Waals surface area contributed by atoms with E-state index < -0.39 is 72.6 Å². The molecular formula is C18H27N7O8S. The Balaban J connectivity index is 2.87. The summed E-state index contributed by atoms with van der Waals surface area (Å²) in [5, 5.41) is 25.1. The van der Waals surface area contributed by atoms with E-state index in [0.717, 1.165) is 0 Å². The number of imidazole rings is 1. The lowest BCUT2D eigenvalue weighted by Crippen LogP contribution is -2.58. The van der Waals surface area contributed by atoms with Gasteiger partial charge in [0.15, 0.2) is 0 Å². The molecule has 0 bridgehead atoms. The molecule has 0 aliphatic heterocycles. The number of aliphatic carboxylic acids is 2. The van der Waals surface area contributed by atoms with Crippen molar-refractivity contribution >= 4 is 48.2 Å². The van der Waals surface area contributed by atoms with Crippen LogP contribution >= 0.6 is 12.6 Å². The van der Waals surface area contributed by atoms with Crippen molar-refractivity contribution in [2.75, 3.05) is 5.75 Å². The van der Waals surface area contributed by atoms with Crippen LogP contribution in [-0.4, -0.2) is 85.7 Å². The first-order chi connectivity index (χ1) is 15.9. The lowest BCUT2D eigenvalue weighted by molar-refractivity contribution is -0.142. The van der Waals surface area contributed by atoms with E-state index in [2.05, 4.69) is 38.5 Å². The van der Waals surface area contributed by atoms with Crippen LogP contribution in [0.5, 0.6) is 0 Å². The fraction of sp³-hybridized carbons (Fsp3) is 0.500. The molecule has 4 amide bonds. The van der Waals surface area contributed by atoms with Crippen molar-refractivity contribution in [3.8, 4) is 0 Å². The third-order valence-corrected chi connectivity index (χ3v) is 4.81. The van der Waals surface area contributed by atoms with Crippen molar-refractivity contribution in [2.45, 2.75) is 49.9 Å². The molecule has 1 aromatic rings. The number of nitrogens with zero attached hydrogens (tertiary/aromatic N) is 1. The second kappa shape index (κ2) is 13.8. The van der Waals surface area contributed by atoms with Gasteiger partial charge in [-0.15, -0.1) is 0 Å². The Morgan fingerprint density at radius 3 is 2.09 bits per heavy atom. The van der Waals surface area contributed by atoms with E-state index in [1.807, 2.05) is 0 Å². The molecule has 10 N–H and O–H groups in total. The molecule has 0 spiro atoms. The first-order valence-corrected chi connectivity index (χ1v) is 10.6. The van der Waals surface area contributed by atoms with Gasteiger partial charge in [-0.05, 0) is 6.42 Å². The number of nitrogens with one attached hydrogen (secondary N) is 4. The zero-order valence-electron chi connectivity index (χ0n) is 17.9. The molecular weight excluding hydrogens is 474 g/mol. The summed E-state index contributed by atoms with van der Waals surface area (Å²) in [5.41, 5.74) is 11.0. The number of H-pyrrole nitrogens is 1. The molecule has 0 aliphatic rings. The summed E-state index contributed by atoms with van der Waals surface area (Å²) >= 11 is 3.99. The number of rotatable bonds is 15. The van der Waals surface area contributed by atoms with E-state index >= 15 is 0 Å². The van der Waals surface area contributed by atoms with E-state index in [1.165, 1.54) is 12.5 Å². The van der Waals surface area contributed by atoms with Gasteiger partial charge >= 0.3 is 11.9 Å². The van der Waals surface area contributed by atoms with Crippen molar-refractivity contribution in [1.82, 2.24) is 25.9 Å². The number of amides is 4. The van der Waals surface area contributed by atoms with Crippen molar-refractivity contribution < 1.29 is 39.0 Å². The third kappa shape index (κ3) is 9.86. The smallest absolute Gasteiger partial charge is 0.326 e. The molecule has 15 nitrogen and oxygen atoms in total. The van der Waals surface area contributed by atoms with Crippen LogP contribution in [0.1, 0.15) is 25.0 Å². The van der Waals surface area contributed by atoms with Gasteiger partial charge in [-0.1, -0.05) is 0 Å². The summed E-state index contributed by atoms with van der Waals surface area (Å²) in [6, 6.07) is -5.46. The number of aromatic nitrogens is 2. The lowest BCUT2D eigenvalue weighted by atomic mass is 10.1. The quantitative estimate of drug-likeness (QED) is 0.107. The van der Waals surface area contributed by atoms with Crippen molar-refractivity contribution in [3.05, 3.63) is 18.2 Å². The van der Waals surface area contributed by atoms with Crippen LogP contribution in [0.4, 0.5) is 0 Å².